The Hall–Kier alpha value is -2.66. The minimum absolute atomic E-state index is 0.166. The molecule has 0 radical (unpaired) electrons. The number of furan rings is 1. The monoisotopic (exact) mass is 354 g/mol. The Morgan fingerprint density at radius 1 is 1.36 bits per heavy atom. The zero-order valence-electron chi connectivity index (χ0n) is 14.0. The number of thiophene rings is 1. The Morgan fingerprint density at radius 3 is 2.80 bits per heavy atom. The Balaban J connectivity index is 2.07. The van der Waals surface area contributed by atoms with Crippen LogP contribution in [0.5, 0.6) is 0 Å². The van der Waals surface area contributed by atoms with Gasteiger partial charge in [-0.1, -0.05) is 0 Å². The van der Waals surface area contributed by atoms with Crippen molar-refractivity contribution in [3.63, 3.8) is 0 Å². The van der Waals surface area contributed by atoms with Crippen LogP contribution in [0.1, 0.15) is 16.9 Å². The van der Waals surface area contributed by atoms with Crippen molar-refractivity contribution in [1.82, 2.24) is 9.88 Å². The highest BCUT2D eigenvalue weighted by Gasteiger charge is 2.17. The fraction of sp³-hybridized carbons (Fsp3) is 0.222. The maximum Gasteiger partial charge on any atom is 0.142 e. The summed E-state index contributed by atoms with van der Waals surface area (Å²) >= 11 is 1.58. The molecule has 0 spiro atoms. The lowest BCUT2D eigenvalue weighted by Crippen LogP contribution is -2.09. The van der Waals surface area contributed by atoms with Crippen molar-refractivity contribution in [3.8, 4) is 28.0 Å². The Labute approximate surface area is 149 Å². The van der Waals surface area contributed by atoms with Crippen LogP contribution in [-0.2, 0) is 13.2 Å². The fourth-order valence-electron chi connectivity index (χ4n) is 2.57. The van der Waals surface area contributed by atoms with Crippen LogP contribution in [0.25, 0.3) is 21.9 Å². The smallest absolute Gasteiger partial charge is 0.142 e. The van der Waals surface area contributed by atoms with E-state index in [9.17, 15) is 10.4 Å². The van der Waals surface area contributed by atoms with E-state index in [4.69, 9.17) is 10.2 Å². The van der Waals surface area contributed by atoms with Gasteiger partial charge in [-0.2, -0.15) is 5.26 Å². The normalized spacial score (nSPS) is 11.0. The van der Waals surface area contributed by atoms with Crippen LogP contribution in [0.4, 0.5) is 5.82 Å². The van der Waals surface area contributed by atoms with Crippen LogP contribution in [0.2, 0.25) is 0 Å². The highest BCUT2D eigenvalue weighted by Crippen LogP contribution is 2.34. The number of aliphatic hydroxyl groups excluding tert-OH is 1. The quantitative estimate of drug-likeness (QED) is 0.730. The minimum Gasteiger partial charge on any atom is -0.459 e. The van der Waals surface area contributed by atoms with E-state index in [1.54, 1.807) is 29.5 Å². The van der Waals surface area contributed by atoms with Crippen LogP contribution >= 0.6 is 11.3 Å². The van der Waals surface area contributed by atoms with Gasteiger partial charge in [-0.3, -0.25) is 0 Å². The Bertz CT molecular complexity index is 937. The molecule has 6 nitrogen and oxygen atoms in total. The highest BCUT2D eigenvalue weighted by atomic mass is 32.1. The molecule has 0 unspecified atom stereocenters. The number of aliphatic hydroxyl groups is 1. The summed E-state index contributed by atoms with van der Waals surface area (Å²) in [7, 11) is 4.03. The number of aromatic nitrogens is 1. The summed E-state index contributed by atoms with van der Waals surface area (Å²) in [5.41, 5.74) is 8.74. The van der Waals surface area contributed by atoms with Crippen molar-refractivity contribution in [1.29, 1.82) is 5.26 Å². The summed E-state index contributed by atoms with van der Waals surface area (Å²) in [5.74, 6) is 1.08. The van der Waals surface area contributed by atoms with Crippen molar-refractivity contribution < 1.29 is 9.52 Å². The first-order valence-electron chi connectivity index (χ1n) is 7.65. The number of anilines is 1. The molecule has 3 heterocycles. The molecule has 0 fully saturated rings. The van der Waals surface area contributed by atoms with Gasteiger partial charge in [0.1, 0.15) is 35.6 Å². The third-order valence-corrected chi connectivity index (χ3v) is 4.65. The lowest BCUT2D eigenvalue weighted by molar-refractivity contribution is 0.248. The lowest BCUT2D eigenvalue weighted by atomic mass is 10.1. The van der Waals surface area contributed by atoms with Gasteiger partial charge < -0.3 is 20.2 Å². The van der Waals surface area contributed by atoms with Crippen molar-refractivity contribution in [2.24, 2.45) is 0 Å². The molecular weight excluding hydrogens is 336 g/mol. The summed E-state index contributed by atoms with van der Waals surface area (Å²) < 4.78 is 5.58. The third-order valence-electron chi connectivity index (χ3n) is 3.65. The average molecular weight is 354 g/mol. The molecule has 0 aliphatic rings. The van der Waals surface area contributed by atoms with Crippen LogP contribution in [0.3, 0.4) is 0 Å². The molecule has 0 saturated heterocycles. The van der Waals surface area contributed by atoms with Gasteiger partial charge in [0.15, 0.2) is 0 Å². The minimum atomic E-state index is -0.200. The van der Waals surface area contributed by atoms with Crippen LogP contribution < -0.4 is 5.73 Å². The summed E-state index contributed by atoms with van der Waals surface area (Å²) in [6.45, 7) is 0.640. The van der Waals surface area contributed by atoms with Gasteiger partial charge in [0, 0.05) is 12.1 Å². The molecule has 3 aromatic rings. The number of nitrogens with two attached hydrogens (primary N) is 1. The van der Waals surface area contributed by atoms with Gasteiger partial charge in [0.05, 0.1) is 10.6 Å². The maximum atomic E-state index is 9.43. The molecule has 3 rings (SSSR count). The van der Waals surface area contributed by atoms with Gasteiger partial charge in [-0.25, -0.2) is 4.98 Å². The molecule has 0 saturated carbocycles. The average Bonchev–Trinajstić information content (AvgIpc) is 3.22. The number of nitriles is 1. The van der Waals surface area contributed by atoms with Gasteiger partial charge in [-0.15, -0.1) is 11.3 Å². The topological polar surface area (TPSA) is 99.3 Å². The summed E-state index contributed by atoms with van der Waals surface area (Å²) in [5, 5.41) is 20.7. The standard InChI is InChI=1S/C18H18N4O2S/c1-22(2)8-11-5-17(25-10-11)15-6-13(14(7-19)18(20)21-15)16-4-3-12(9-23)24-16/h3-6,10,23H,8-9H2,1-2H3,(H2,20,21). The second kappa shape index (κ2) is 7.07. The predicted molar refractivity (Wildman–Crippen MR) is 97.7 cm³/mol. The summed E-state index contributed by atoms with van der Waals surface area (Å²) in [6.07, 6.45) is 0. The number of pyridine rings is 1. The van der Waals surface area contributed by atoms with Crippen molar-refractivity contribution >= 4 is 17.2 Å². The molecular formula is C18H18N4O2S. The molecule has 25 heavy (non-hydrogen) atoms. The molecule has 3 aromatic heterocycles. The lowest BCUT2D eigenvalue weighted by Gasteiger charge is -2.08. The van der Waals surface area contributed by atoms with E-state index in [0.717, 1.165) is 11.4 Å². The van der Waals surface area contributed by atoms with E-state index >= 15 is 0 Å². The maximum absolute atomic E-state index is 9.43. The van der Waals surface area contributed by atoms with E-state index in [2.05, 4.69) is 27.4 Å². The fourth-order valence-corrected chi connectivity index (χ4v) is 3.43. The van der Waals surface area contributed by atoms with E-state index in [0.29, 0.717) is 22.8 Å². The van der Waals surface area contributed by atoms with Crippen molar-refractivity contribution in [2.45, 2.75) is 13.2 Å². The van der Waals surface area contributed by atoms with E-state index in [-0.39, 0.29) is 18.0 Å². The van der Waals surface area contributed by atoms with E-state index in [1.165, 1.54) is 5.56 Å². The molecule has 7 heteroatoms. The largest absolute Gasteiger partial charge is 0.459 e. The molecule has 0 aliphatic carbocycles. The first-order valence-corrected chi connectivity index (χ1v) is 8.53. The van der Waals surface area contributed by atoms with Gasteiger partial charge >= 0.3 is 0 Å². The number of nitrogens with zero attached hydrogens (tertiary/aromatic N) is 3. The Kier molecular flexibility index (Phi) is 4.86. The summed E-state index contributed by atoms with van der Waals surface area (Å²) in [6, 6.07) is 9.36. The zero-order chi connectivity index (χ0) is 18.0. The van der Waals surface area contributed by atoms with Crippen LogP contribution in [0, 0.1) is 11.3 Å². The van der Waals surface area contributed by atoms with E-state index < -0.39 is 0 Å². The molecule has 0 bridgehead atoms. The Morgan fingerprint density at radius 2 is 2.16 bits per heavy atom. The number of hydrogen-bond donors (Lipinski definition) is 2. The predicted octanol–water partition coefficient (Wildman–Crippen LogP) is 3.08. The molecule has 128 valence electrons. The molecule has 0 amide bonds. The van der Waals surface area contributed by atoms with Crippen molar-refractivity contribution in [3.05, 3.63) is 46.5 Å². The van der Waals surface area contributed by atoms with Crippen LogP contribution in [-0.4, -0.2) is 29.1 Å². The second-order valence-electron chi connectivity index (χ2n) is 5.91. The zero-order valence-corrected chi connectivity index (χ0v) is 14.8. The number of rotatable bonds is 5. The van der Waals surface area contributed by atoms with E-state index in [1.807, 2.05) is 14.1 Å². The summed E-state index contributed by atoms with van der Waals surface area (Å²) in [4.78, 5) is 7.45. The molecule has 3 N–H and O–H groups in total. The number of nitrogen functional groups attached to an aromatic ring is 1. The third kappa shape index (κ3) is 3.56. The van der Waals surface area contributed by atoms with Crippen molar-refractivity contribution in [2.75, 3.05) is 19.8 Å². The molecule has 0 atom stereocenters. The molecule has 0 aromatic carbocycles. The van der Waals surface area contributed by atoms with Crippen LogP contribution in [0.15, 0.2) is 34.1 Å². The first-order chi connectivity index (χ1) is 12.0. The first kappa shape index (κ1) is 17.2. The van der Waals surface area contributed by atoms with Gasteiger partial charge in [0.2, 0.25) is 0 Å². The SMILES string of the molecule is CN(C)Cc1csc(-c2cc(-c3ccc(CO)o3)c(C#N)c(N)n2)c1. The highest BCUT2D eigenvalue weighted by molar-refractivity contribution is 7.13. The number of hydrogen-bond acceptors (Lipinski definition) is 7. The van der Waals surface area contributed by atoms with Gasteiger partial charge in [-0.05, 0) is 49.3 Å². The van der Waals surface area contributed by atoms with Gasteiger partial charge in [0.25, 0.3) is 0 Å². The molecule has 0 aliphatic heterocycles. The second-order valence-corrected chi connectivity index (χ2v) is 6.82.